The molecule has 0 amide bonds. The average Bonchev–Trinajstić information content (AvgIpc) is 3.76. The fraction of sp³-hybridized carbons (Fsp3) is 0.333. The van der Waals surface area contributed by atoms with Gasteiger partial charge in [-0.25, -0.2) is 22.6 Å². The summed E-state index contributed by atoms with van der Waals surface area (Å²) in [6, 6.07) is 14.7. The molecule has 6 aromatic rings. The van der Waals surface area contributed by atoms with Gasteiger partial charge in [-0.2, -0.15) is 9.40 Å². The summed E-state index contributed by atoms with van der Waals surface area (Å²) in [5, 5.41) is 13.8. The molecule has 5 heterocycles. The standard InChI is InChI=1S/C36H41N9O6S/c1-48-27-8-7-26(33(19-27)49-2)24-43(52(4,46)47)23-25-6-9-31(34(18-25)50-3)45-32-20-30(28-22-40-44-12-5-10-38-36(28)44)39-21-29(32)35(41-45)37-11-13-42-14-16-51-17-15-42/h5-10,12,18-22H,11,13-17,23-24H2,1-4H3,(H,37,41). The van der Waals surface area contributed by atoms with Crippen molar-refractivity contribution in [2.24, 2.45) is 0 Å². The highest BCUT2D eigenvalue weighted by atomic mass is 32.2. The zero-order valence-electron chi connectivity index (χ0n) is 29.5. The summed E-state index contributed by atoms with van der Waals surface area (Å²) < 4.78 is 53.3. The number of nitrogens with one attached hydrogen (secondary N) is 1. The summed E-state index contributed by atoms with van der Waals surface area (Å²) in [6.07, 6.45) is 8.34. The Morgan fingerprint density at radius 1 is 0.942 bits per heavy atom. The van der Waals surface area contributed by atoms with Crippen LogP contribution in [0.1, 0.15) is 11.1 Å². The van der Waals surface area contributed by atoms with E-state index in [0.29, 0.717) is 52.2 Å². The highest BCUT2D eigenvalue weighted by Gasteiger charge is 2.23. The SMILES string of the molecule is COc1ccc(CN(Cc2ccc(-n3nc(NCCN4CCOCC4)c4cnc(-c5cnn6cccnc56)cc43)c(OC)c2)S(C)(=O)=O)c(OC)c1. The quantitative estimate of drug-likeness (QED) is 0.174. The van der Waals surface area contributed by atoms with Crippen LogP contribution in [-0.2, 0) is 27.8 Å². The van der Waals surface area contributed by atoms with Crippen LogP contribution in [0.3, 0.4) is 0 Å². The summed E-state index contributed by atoms with van der Waals surface area (Å²) >= 11 is 0. The van der Waals surface area contributed by atoms with E-state index >= 15 is 0 Å². The average molecular weight is 728 g/mol. The van der Waals surface area contributed by atoms with Crippen LogP contribution in [0.25, 0.3) is 33.5 Å². The van der Waals surface area contributed by atoms with Crippen LogP contribution < -0.4 is 19.5 Å². The van der Waals surface area contributed by atoms with Crippen molar-refractivity contribution >= 4 is 32.4 Å². The molecule has 0 unspecified atom stereocenters. The Morgan fingerprint density at radius 2 is 1.77 bits per heavy atom. The van der Waals surface area contributed by atoms with Gasteiger partial charge in [0.1, 0.15) is 22.9 Å². The second-order valence-electron chi connectivity index (χ2n) is 12.4. The first kappa shape index (κ1) is 35.1. The van der Waals surface area contributed by atoms with E-state index in [1.165, 1.54) is 10.6 Å². The lowest BCUT2D eigenvalue weighted by Crippen LogP contribution is -2.39. The molecule has 0 bridgehead atoms. The molecule has 52 heavy (non-hydrogen) atoms. The second kappa shape index (κ2) is 15.1. The van der Waals surface area contributed by atoms with Crippen LogP contribution >= 0.6 is 0 Å². The lowest BCUT2D eigenvalue weighted by atomic mass is 10.1. The van der Waals surface area contributed by atoms with E-state index in [0.717, 1.165) is 54.9 Å². The summed E-state index contributed by atoms with van der Waals surface area (Å²) in [4.78, 5) is 11.7. The smallest absolute Gasteiger partial charge is 0.211 e. The van der Waals surface area contributed by atoms with Gasteiger partial charge in [-0.3, -0.25) is 9.88 Å². The third kappa shape index (κ3) is 7.36. The Balaban J connectivity index is 1.24. The van der Waals surface area contributed by atoms with Gasteiger partial charge in [-0.15, -0.1) is 5.10 Å². The van der Waals surface area contributed by atoms with Gasteiger partial charge in [0.25, 0.3) is 0 Å². The number of aromatic nitrogens is 6. The summed E-state index contributed by atoms with van der Waals surface area (Å²) in [5.74, 6) is 2.36. The van der Waals surface area contributed by atoms with Crippen molar-refractivity contribution in [1.29, 1.82) is 0 Å². The molecule has 1 N–H and O–H groups in total. The number of sulfonamides is 1. The molecule has 1 aliphatic heterocycles. The van der Waals surface area contributed by atoms with Gasteiger partial charge >= 0.3 is 0 Å². The van der Waals surface area contributed by atoms with Crippen LogP contribution in [0.4, 0.5) is 5.82 Å². The Hall–Kier alpha value is -5.29. The number of morpholine rings is 1. The molecule has 272 valence electrons. The number of ether oxygens (including phenoxy) is 4. The maximum atomic E-state index is 13.0. The van der Waals surface area contributed by atoms with Crippen molar-refractivity contribution in [3.8, 4) is 34.2 Å². The molecular weight excluding hydrogens is 687 g/mol. The van der Waals surface area contributed by atoms with E-state index in [1.54, 1.807) is 56.4 Å². The first-order chi connectivity index (χ1) is 25.2. The van der Waals surface area contributed by atoms with Crippen molar-refractivity contribution in [3.05, 3.63) is 84.4 Å². The zero-order valence-corrected chi connectivity index (χ0v) is 30.3. The molecule has 0 radical (unpaired) electrons. The Kier molecular flexibility index (Phi) is 10.2. The molecule has 0 saturated carbocycles. The zero-order chi connectivity index (χ0) is 36.2. The van der Waals surface area contributed by atoms with Gasteiger partial charge in [-0.1, -0.05) is 12.1 Å². The lowest BCUT2D eigenvalue weighted by molar-refractivity contribution is 0.0398. The topological polar surface area (TPSA) is 150 Å². The van der Waals surface area contributed by atoms with Crippen LogP contribution in [-0.4, -0.2) is 114 Å². The van der Waals surface area contributed by atoms with Crippen molar-refractivity contribution in [2.45, 2.75) is 13.1 Å². The first-order valence-corrected chi connectivity index (χ1v) is 18.7. The first-order valence-electron chi connectivity index (χ1n) is 16.8. The molecule has 0 atom stereocenters. The van der Waals surface area contributed by atoms with Gasteiger partial charge in [0.2, 0.25) is 10.0 Å². The number of pyridine rings is 1. The van der Waals surface area contributed by atoms with E-state index in [1.807, 2.05) is 47.4 Å². The Bertz CT molecular complexity index is 2300. The van der Waals surface area contributed by atoms with Crippen LogP contribution in [0.2, 0.25) is 0 Å². The highest BCUT2D eigenvalue weighted by Crippen LogP contribution is 2.34. The van der Waals surface area contributed by atoms with Crippen molar-refractivity contribution in [1.82, 2.24) is 38.6 Å². The third-order valence-electron chi connectivity index (χ3n) is 9.09. The predicted octanol–water partition coefficient (Wildman–Crippen LogP) is 3.86. The molecule has 0 aliphatic carbocycles. The van der Waals surface area contributed by atoms with E-state index in [-0.39, 0.29) is 13.1 Å². The molecule has 1 fully saturated rings. The number of anilines is 1. The van der Waals surface area contributed by atoms with Crippen LogP contribution in [0.5, 0.6) is 17.2 Å². The normalized spacial score (nSPS) is 13.9. The van der Waals surface area contributed by atoms with Gasteiger partial charge in [0, 0.05) is 69.5 Å². The number of methoxy groups -OCH3 is 3. The molecule has 0 spiro atoms. The fourth-order valence-corrected chi connectivity index (χ4v) is 7.06. The fourth-order valence-electron chi connectivity index (χ4n) is 6.30. The van der Waals surface area contributed by atoms with E-state index in [4.69, 9.17) is 29.0 Å². The van der Waals surface area contributed by atoms with Gasteiger partial charge in [0.05, 0.1) is 69.2 Å². The monoisotopic (exact) mass is 727 g/mol. The summed E-state index contributed by atoms with van der Waals surface area (Å²) in [5.41, 5.74) is 5.08. The number of hydrogen-bond acceptors (Lipinski definition) is 12. The van der Waals surface area contributed by atoms with Crippen molar-refractivity contribution in [2.75, 3.05) is 72.3 Å². The Labute approximate surface area is 301 Å². The third-order valence-corrected chi connectivity index (χ3v) is 10.3. The van der Waals surface area contributed by atoms with Crippen molar-refractivity contribution < 1.29 is 27.4 Å². The minimum atomic E-state index is -3.62. The number of nitrogens with zero attached hydrogens (tertiary/aromatic N) is 8. The van der Waals surface area contributed by atoms with Gasteiger partial charge in [0.15, 0.2) is 11.5 Å². The van der Waals surface area contributed by atoms with E-state index < -0.39 is 10.0 Å². The van der Waals surface area contributed by atoms with Crippen molar-refractivity contribution in [3.63, 3.8) is 0 Å². The second-order valence-corrected chi connectivity index (χ2v) is 14.4. The van der Waals surface area contributed by atoms with Gasteiger partial charge in [-0.05, 0) is 35.9 Å². The molecule has 1 saturated heterocycles. The number of fused-ring (bicyclic) bond motifs is 2. The lowest BCUT2D eigenvalue weighted by Gasteiger charge is -2.26. The minimum absolute atomic E-state index is 0.105. The van der Waals surface area contributed by atoms with E-state index in [2.05, 4.69) is 20.3 Å². The largest absolute Gasteiger partial charge is 0.497 e. The summed E-state index contributed by atoms with van der Waals surface area (Å²) in [6.45, 7) is 4.98. The predicted molar refractivity (Wildman–Crippen MR) is 197 cm³/mol. The number of hydrogen-bond donors (Lipinski definition) is 1. The maximum absolute atomic E-state index is 13.0. The van der Waals surface area contributed by atoms with Crippen LogP contribution in [0, 0.1) is 0 Å². The molecule has 1 aliphatic rings. The molecular formula is C36H41N9O6S. The minimum Gasteiger partial charge on any atom is -0.497 e. The molecule has 7 rings (SSSR count). The molecule has 16 heteroatoms. The number of benzene rings is 2. The van der Waals surface area contributed by atoms with E-state index in [9.17, 15) is 8.42 Å². The molecule has 2 aromatic carbocycles. The maximum Gasteiger partial charge on any atom is 0.211 e. The number of rotatable bonds is 14. The summed E-state index contributed by atoms with van der Waals surface area (Å²) in [7, 11) is 1.08. The van der Waals surface area contributed by atoms with Gasteiger partial charge < -0.3 is 24.3 Å². The molecule has 4 aromatic heterocycles. The molecule has 15 nitrogen and oxygen atoms in total. The Morgan fingerprint density at radius 3 is 2.54 bits per heavy atom. The van der Waals surface area contributed by atoms with Crippen LogP contribution in [0.15, 0.2) is 73.3 Å². The highest BCUT2D eigenvalue weighted by molar-refractivity contribution is 7.88.